The first-order chi connectivity index (χ1) is 29.9. The predicted octanol–water partition coefficient (Wildman–Crippen LogP) is 14.3. The van der Waals surface area contributed by atoms with Crippen LogP contribution in [-0.4, -0.2) is 73.0 Å². The summed E-state index contributed by atoms with van der Waals surface area (Å²) in [6.07, 6.45) is 44.3. The number of unbranched alkanes of at least 4 members (excludes halogenated alkanes) is 23. The maximum atomic E-state index is 12.5. The Kier molecular flexibility index (Phi) is 40.5. The Labute approximate surface area is 376 Å². The van der Waals surface area contributed by atoms with E-state index in [0.29, 0.717) is 45.1 Å². The van der Waals surface area contributed by atoms with Gasteiger partial charge in [0.2, 0.25) is 0 Å². The van der Waals surface area contributed by atoms with Crippen LogP contribution in [0.3, 0.4) is 0 Å². The van der Waals surface area contributed by atoms with E-state index in [4.69, 9.17) is 14.2 Å². The van der Waals surface area contributed by atoms with Gasteiger partial charge in [0, 0.05) is 31.2 Å². The molecule has 0 aliphatic heterocycles. The first kappa shape index (κ1) is 57.1. The van der Waals surface area contributed by atoms with Crippen molar-refractivity contribution < 1.29 is 33.7 Å². The summed E-state index contributed by atoms with van der Waals surface area (Å²) in [5.74, 6) is -0.303. The van der Waals surface area contributed by atoms with Crippen LogP contribution in [0.1, 0.15) is 258 Å². The van der Waals surface area contributed by atoms with E-state index in [2.05, 4.69) is 37.8 Å². The van der Waals surface area contributed by atoms with Crippen LogP contribution in [0.15, 0.2) is 12.2 Å². The van der Waals surface area contributed by atoms with E-state index in [-0.39, 0.29) is 29.9 Å². The van der Waals surface area contributed by atoms with Gasteiger partial charge < -0.3 is 24.2 Å². The second kappa shape index (κ2) is 43.3. The fraction of sp³-hybridized carbons (Fsp3) is 0.906. The van der Waals surface area contributed by atoms with E-state index < -0.39 is 0 Å². The lowest BCUT2D eigenvalue weighted by atomic mass is 9.91. The number of nitrogens with zero attached hydrogens (tertiary/aromatic N) is 1. The molecule has 0 radical (unpaired) electrons. The molecular formula is C53H99NO7. The quantitative estimate of drug-likeness (QED) is 0.0280. The van der Waals surface area contributed by atoms with Crippen LogP contribution in [-0.2, 0) is 28.6 Å². The number of carbonyl (C=O) groups excluding carboxylic acids is 3. The zero-order chi connectivity index (χ0) is 44.3. The Hall–Kier alpha value is -1.93. The first-order valence-corrected chi connectivity index (χ1v) is 26.4. The molecule has 1 aliphatic carbocycles. The molecule has 0 saturated heterocycles. The van der Waals surface area contributed by atoms with Crippen molar-refractivity contribution in [2.75, 3.05) is 32.9 Å². The van der Waals surface area contributed by atoms with Crippen molar-refractivity contribution in [1.29, 1.82) is 0 Å². The number of hydrogen-bond acceptors (Lipinski definition) is 8. The van der Waals surface area contributed by atoms with Crippen molar-refractivity contribution in [3.63, 3.8) is 0 Å². The number of aliphatic hydroxyl groups is 1. The molecule has 1 rings (SSSR count). The molecule has 8 heteroatoms. The molecule has 0 aromatic rings. The minimum Gasteiger partial charge on any atom is -0.466 e. The van der Waals surface area contributed by atoms with Crippen molar-refractivity contribution in [3.8, 4) is 0 Å². The summed E-state index contributed by atoms with van der Waals surface area (Å²) in [5.41, 5.74) is 0. The molecule has 1 aliphatic rings. The highest BCUT2D eigenvalue weighted by Gasteiger charge is 2.24. The normalized spacial score (nSPS) is 15.6. The lowest BCUT2D eigenvalue weighted by Gasteiger charge is -2.36. The maximum absolute atomic E-state index is 12.5. The molecule has 0 spiro atoms. The van der Waals surface area contributed by atoms with Gasteiger partial charge in [-0.1, -0.05) is 155 Å². The van der Waals surface area contributed by atoms with Gasteiger partial charge in [-0.15, -0.1) is 0 Å². The highest BCUT2D eigenvalue weighted by molar-refractivity contribution is 5.70. The minimum atomic E-state index is -0.170. The number of aliphatic hydroxyl groups excluding tert-OH is 1. The molecule has 0 unspecified atom stereocenters. The molecule has 0 bridgehead atoms. The summed E-state index contributed by atoms with van der Waals surface area (Å²) in [5, 5.41) is 10.2. The molecule has 0 atom stereocenters. The minimum absolute atomic E-state index is 0.0161. The van der Waals surface area contributed by atoms with Crippen molar-refractivity contribution in [2.24, 2.45) is 5.92 Å². The number of hydrogen-bond donors (Lipinski definition) is 1. The van der Waals surface area contributed by atoms with Crippen LogP contribution in [0.25, 0.3) is 0 Å². The van der Waals surface area contributed by atoms with E-state index in [1.165, 1.54) is 96.3 Å². The monoisotopic (exact) mass is 862 g/mol. The highest BCUT2D eigenvalue weighted by Crippen LogP contribution is 2.25. The van der Waals surface area contributed by atoms with E-state index in [1.807, 2.05) is 0 Å². The lowest BCUT2D eigenvalue weighted by molar-refractivity contribution is -0.149. The van der Waals surface area contributed by atoms with Crippen LogP contribution in [0.5, 0.6) is 0 Å². The Morgan fingerprint density at radius 1 is 0.492 bits per heavy atom. The summed E-state index contributed by atoms with van der Waals surface area (Å²) >= 11 is 0. The third kappa shape index (κ3) is 37.2. The van der Waals surface area contributed by atoms with E-state index in [0.717, 1.165) is 135 Å². The Balaban J connectivity index is 2.33. The molecule has 358 valence electrons. The molecule has 0 aromatic heterocycles. The van der Waals surface area contributed by atoms with Crippen LogP contribution in [0.2, 0.25) is 0 Å². The predicted molar refractivity (Wildman–Crippen MR) is 255 cm³/mol. The van der Waals surface area contributed by atoms with Gasteiger partial charge in [0.15, 0.2) is 0 Å². The third-order valence-corrected chi connectivity index (χ3v) is 12.7. The molecule has 0 aromatic carbocycles. The largest absolute Gasteiger partial charge is 0.466 e. The fourth-order valence-electron chi connectivity index (χ4n) is 8.54. The van der Waals surface area contributed by atoms with Crippen LogP contribution in [0, 0.1) is 5.92 Å². The number of ether oxygens (including phenoxy) is 3. The number of allylic oxidation sites excluding steroid dienone is 2. The van der Waals surface area contributed by atoms with Gasteiger partial charge in [-0.25, -0.2) is 0 Å². The van der Waals surface area contributed by atoms with Gasteiger partial charge in [0.1, 0.15) is 0 Å². The molecule has 61 heavy (non-hydrogen) atoms. The Bertz CT molecular complexity index is 996. The maximum Gasteiger partial charge on any atom is 0.305 e. The van der Waals surface area contributed by atoms with Gasteiger partial charge in [0.25, 0.3) is 0 Å². The van der Waals surface area contributed by atoms with E-state index in [9.17, 15) is 19.5 Å². The summed E-state index contributed by atoms with van der Waals surface area (Å²) in [7, 11) is 0. The van der Waals surface area contributed by atoms with E-state index in [1.54, 1.807) is 0 Å². The van der Waals surface area contributed by atoms with Gasteiger partial charge in [-0.2, -0.15) is 0 Å². The zero-order valence-corrected chi connectivity index (χ0v) is 40.4. The van der Waals surface area contributed by atoms with Crippen molar-refractivity contribution in [3.05, 3.63) is 12.2 Å². The van der Waals surface area contributed by atoms with Gasteiger partial charge in [-0.3, -0.25) is 14.4 Å². The number of rotatable bonds is 44. The number of carbonyl (C=O) groups is 3. The SMILES string of the molecule is CCCCCCCC/C=C\CCCCCCCC(=O)OCCCCCCN(CCCCC(COC(=O)CCCCCCC)COC(=O)CCCCCCC)C1CCC(O)CC1. The van der Waals surface area contributed by atoms with Crippen molar-refractivity contribution >= 4 is 17.9 Å². The summed E-state index contributed by atoms with van der Waals surface area (Å²) in [6.45, 7) is 9.87. The molecule has 0 heterocycles. The Morgan fingerprint density at radius 3 is 1.38 bits per heavy atom. The molecule has 8 nitrogen and oxygen atoms in total. The average molecular weight is 862 g/mol. The van der Waals surface area contributed by atoms with Gasteiger partial charge in [-0.05, 0) is 109 Å². The molecule has 1 fully saturated rings. The van der Waals surface area contributed by atoms with Crippen LogP contribution < -0.4 is 0 Å². The van der Waals surface area contributed by atoms with Crippen LogP contribution in [0.4, 0.5) is 0 Å². The second-order valence-electron chi connectivity index (χ2n) is 18.5. The third-order valence-electron chi connectivity index (χ3n) is 12.7. The lowest BCUT2D eigenvalue weighted by Crippen LogP contribution is -2.40. The van der Waals surface area contributed by atoms with E-state index >= 15 is 0 Å². The second-order valence-corrected chi connectivity index (χ2v) is 18.5. The van der Waals surface area contributed by atoms with Crippen molar-refractivity contribution in [1.82, 2.24) is 4.90 Å². The Morgan fingerprint density at radius 2 is 0.885 bits per heavy atom. The molecule has 1 N–H and O–H groups in total. The number of esters is 3. The summed E-state index contributed by atoms with van der Waals surface area (Å²) in [6, 6.07) is 0.508. The van der Waals surface area contributed by atoms with Crippen LogP contribution >= 0.6 is 0 Å². The summed E-state index contributed by atoms with van der Waals surface area (Å²) in [4.78, 5) is 40.0. The van der Waals surface area contributed by atoms with Gasteiger partial charge in [0.05, 0.1) is 25.9 Å². The zero-order valence-electron chi connectivity index (χ0n) is 40.4. The fourth-order valence-corrected chi connectivity index (χ4v) is 8.54. The molecular weight excluding hydrogens is 763 g/mol. The highest BCUT2D eigenvalue weighted by atomic mass is 16.5. The average Bonchev–Trinajstić information content (AvgIpc) is 3.26. The molecule has 1 saturated carbocycles. The standard InChI is InChI=1S/C53H99NO7/c1-4-7-10-13-14-15-16-17-18-19-20-21-22-25-30-36-51(56)59-45-34-27-26-32-43-54(49-39-41-50(55)42-40-49)44-33-31-35-48(46-60-52(57)37-28-23-11-8-5-2)47-61-53(58)38-29-24-12-9-6-3/h17-18,48-50,55H,4-16,19-47H2,1-3H3/b18-17-. The first-order valence-electron chi connectivity index (χ1n) is 26.4. The summed E-state index contributed by atoms with van der Waals surface area (Å²) < 4.78 is 17.0. The molecule has 0 amide bonds. The topological polar surface area (TPSA) is 102 Å². The van der Waals surface area contributed by atoms with Gasteiger partial charge >= 0.3 is 17.9 Å². The van der Waals surface area contributed by atoms with Crippen molar-refractivity contribution in [2.45, 2.75) is 270 Å². The smallest absolute Gasteiger partial charge is 0.305 e.